The number of esters is 1. The maximum absolute atomic E-state index is 13.5. The van der Waals surface area contributed by atoms with E-state index in [1.54, 1.807) is 36.9 Å². The van der Waals surface area contributed by atoms with E-state index in [1.165, 1.54) is 12.0 Å². The summed E-state index contributed by atoms with van der Waals surface area (Å²) < 4.78 is 16.1. The molecule has 0 saturated carbocycles. The van der Waals surface area contributed by atoms with E-state index in [2.05, 4.69) is 45.9 Å². The smallest absolute Gasteiger partial charge is 0.338 e. The van der Waals surface area contributed by atoms with Gasteiger partial charge in [-0.25, -0.2) is 4.79 Å². The summed E-state index contributed by atoms with van der Waals surface area (Å²) in [5.41, 5.74) is 3.33. The van der Waals surface area contributed by atoms with Crippen molar-refractivity contribution in [2.75, 3.05) is 31.5 Å². The van der Waals surface area contributed by atoms with Crippen molar-refractivity contribution >= 4 is 40.0 Å². The number of hydrogen-bond donors (Lipinski definition) is 1. The summed E-state index contributed by atoms with van der Waals surface area (Å²) in [6.45, 7) is 0. The van der Waals surface area contributed by atoms with Crippen molar-refractivity contribution < 1.29 is 19.0 Å². The first-order valence-electron chi connectivity index (χ1n) is 11.8. The van der Waals surface area contributed by atoms with Gasteiger partial charge in [-0.3, -0.25) is 0 Å². The number of nitrogens with one attached hydrogen (secondary N) is 1. The molecule has 4 aromatic rings. The van der Waals surface area contributed by atoms with Crippen LogP contribution in [0.1, 0.15) is 28.3 Å². The lowest BCUT2D eigenvalue weighted by molar-refractivity contribution is -0.136. The maximum atomic E-state index is 13.5. The topological polar surface area (TPSA) is 60.0 Å². The average molecular weight is 533 g/mol. The fourth-order valence-electron chi connectivity index (χ4n) is 4.73. The molecule has 37 heavy (non-hydrogen) atoms. The Morgan fingerprint density at radius 1 is 0.838 bits per heavy atom. The van der Waals surface area contributed by atoms with E-state index in [4.69, 9.17) is 14.2 Å². The standard InChI is InChI=1S/C29H28N2O4S2/c1-33-21-12-8-19(9-13-21)30-23-18-24(25-6-4-16-36-25)31(20-10-14-22(34-2)15-11-20)28(26-7-5-17-37-26)27(23)29(32)35-3/h4-17,24,28,30H,18H2,1-3H3. The molecule has 2 atom stereocenters. The highest BCUT2D eigenvalue weighted by molar-refractivity contribution is 7.10. The SMILES string of the molecule is COC(=O)C1=C(Nc2ccc(OC)cc2)CC(c2cccs2)N(c2ccc(OC)cc2)C1c1cccs1. The zero-order valence-corrected chi connectivity index (χ0v) is 22.5. The fraction of sp³-hybridized carbons (Fsp3) is 0.207. The van der Waals surface area contributed by atoms with Crippen LogP contribution in [0.5, 0.6) is 11.5 Å². The van der Waals surface area contributed by atoms with Gasteiger partial charge in [0, 0.05) is 33.2 Å². The second-order valence-electron chi connectivity index (χ2n) is 8.50. The van der Waals surface area contributed by atoms with Crippen LogP contribution < -0.4 is 19.7 Å². The molecule has 8 heteroatoms. The normalized spacial score (nSPS) is 17.4. The summed E-state index contributed by atoms with van der Waals surface area (Å²) in [4.78, 5) is 18.1. The van der Waals surface area contributed by atoms with Crippen LogP contribution in [-0.4, -0.2) is 27.3 Å². The number of rotatable bonds is 8. The van der Waals surface area contributed by atoms with Crippen LogP contribution in [0.15, 0.2) is 94.8 Å². The Hall–Kier alpha value is -3.75. The molecule has 2 unspecified atom stereocenters. The van der Waals surface area contributed by atoms with Crippen LogP contribution >= 0.6 is 22.7 Å². The number of methoxy groups -OCH3 is 3. The summed E-state index contributed by atoms with van der Waals surface area (Å²) >= 11 is 3.35. The number of anilines is 2. The van der Waals surface area contributed by atoms with Gasteiger partial charge in [0.25, 0.3) is 0 Å². The van der Waals surface area contributed by atoms with Crippen LogP contribution in [0.2, 0.25) is 0 Å². The van der Waals surface area contributed by atoms with Gasteiger partial charge in [-0.1, -0.05) is 12.1 Å². The van der Waals surface area contributed by atoms with Gasteiger partial charge in [0.2, 0.25) is 0 Å². The van der Waals surface area contributed by atoms with Gasteiger partial charge in [-0.05, 0) is 71.4 Å². The molecule has 0 saturated heterocycles. The summed E-state index contributed by atoms with van der Waals surface area (Å²) in [5.74, 6) is 1.21. The Balaban J connectivity index is 1.70. The van der Waals surface area contributed by atoms with Gasteiger partial charge in [-0.15, -0.1) is 22.7 Å². The molecule has 1 aliphatic heterocycles. The molecule has 2 aromatic heterocycles. The van der Waals surface area contributed by atoms with Crippen molar-refractivity contribution in [3.05, 3.63) is 105 Å². The minimum Gasteiger partial charge on any atom is -0.497 e. The number of thiophene rings is 2. The minimum atomic E-state index is -0.349. The number of hydrogen-bond acceptors (Lipinski definition) is 8. The van der Waals surface area contributed by atoms with E-state index in [-0.39, 0.29) is 18.1 Å². The molecular weight excluding hydrogens is 504 g/mol. The van der Waals surface area contributed by atoms with Gasteiger partial charge in [0.1, 0.15) is 11.5 Å². The van der Waals surface area contributed by atoms with Crippen molar-refractivity contribution in [1.82, 2.24) is 0 Å². The van der Waals surface area contributed by atoms with Crippen LogP contribution in [0.4, 0.5) is 11.4 Å². The van der Waals surface area contributed by atoms with Gasteiger partial charge in [0.05, 0.1) is 39.0 Å². The monoisotopic (exact) mass is 532 g/mol. The molecule has 2 aromatic carbocycles. The third-order valence-corrected chi connectivity index (χ3v) is 8.35. The summed E-state index contributed by atoms with van der Waals surface area (Å²) in [5, 5.41) is 7.70. The van der Waals surface area contributed by atoms with Crippen molar-refractivity contribution in [2.24, 2.45) is 0 Å². The first-order chi connectivity index (χ1) is 18.1. The van der Waals surface area contributed by atoms with Gasteiger partial charge >= 0.3 is 5.97 Å². The Bertz CT molecular complexity index is 1350. The van der Waals surface area contributed by atoms with E-state index in [1.807, 2.05) is 47.8 Å². The molecule has 0 spiro atoms. The van der Waals surface area contributed by atoms with Crippen LogP contribution in [0, 0.1) is 0 Å². The summed E-state index contributed by atoms with van der Waals surface area (Å²) in [6.07, 6.45) is 0.602. The van der Waals surface area contributed by atoms with Crippen LogP contribution in [0.25, 0.3) is 0 Å². The minimum absolute atomic E-state index is 0.00495. The van der Waals surface area contributed by atoms with Gasteiger partial charge in [0.15, 0.2) is 0 Å². The quantitative estimate of drug-likeness (QED) is 0.245. The molecule has 190 valence electrons. The molecule has 6 nitrogen and oxygen atoms in total. The van der Waals surface area contributed by atoms with E-state index >= 15 is 0 Å². The average Bonchev–Trinajstić information content (AvgIpc) is 3.68. The predicted octanol–water partition coefficient (Wildman–Crippen LogP) is 7.06. The number of carbonyl (C=O) groups is 1. The van der Waals surface area contributed by atoms with Gasteiger partial charge in [-0.2, -0.15) is 0 Å². The largest absolute Gasteiger partial charge is 0.497 e. The van der Waals surface area contributed by atoms with E-state index in [9.17, 15) is 4.79 Å². The molecule has 0 fully saturated rings. The highest BCUT2D eigenvalue weighted by Crippen LogP contribution is 2.49. The number of ether oxygens (including phenoxy) is 3. The maximum Gasteiger partial charge on any atom is 0.338 e. The zero-order chi connectivity index (χ0) is 25.8. The van der Waals surface area contributed by atoms with Gasteiger partial charge < -0.3 is 24.4 Å². The highest BCUT2D eigenvalue weighted by atomic mass is 32.1. The predicted molar refractivity (Wildman–Crippen MR) is 150 cm³/mol. The summed E-state index contributed by atoms with van der Waals surface area (Å²) in [6, 6.07) is 23.7. The lowest BCUT2D eigenvalue weighted by atomic mass is 9.89. The first kappa shape index (κ1) is 24.9. The van der Waals surface area contributed by atoms with Crippen molar-refractivity contribution in [3.63, 3.8) is 0 Å². The summed E-state index contributed by atoms with van der Waals surface area (Å²) in [7, 11) is 4.75. The van der Waals surface area contributed by atoms with Crippen molar-refractivity contribution in [1.29, 1.82) is 0 Å². The lowest BCUT2D eigenvalue weighted by Gasteiger charge is -2.44. The fourth-order valence-corrected chi connectivity index (χ4v) is 6.38. The number of benzene rings is 2. The third-order valence-electron chi connectivity index (χ3n) is 6.46. The molecular formula is C29H28N2O4S2. The zero-order valence-electron chi connectivity index (χ0n) is 20.8. The molecule has 1 aliphatic rings. The second kappa shape index (κ2) is 11.1. The molecule has 5 rings (SSSR count). The highest BCUT2D eigenvalue weighted by Gasteiger charge is 2.42. The second-order valence-corrected chi connectivity index (χ2v) is 10.5. The Labute approximate surface area is 224 Å². The van der Waals surface area contributed by atoms with E-state index in [0.29, 0.717) is 12.0 Å². The molecule has 0 bridgehead atoms. The third kappa shape index (κ3) is 5.08. The van der Waals surface area contributed by atoms with Crippen molar-refractivity contribution in [3.8, 4) is 11.5 Å². The van der Waals surface area contributed by atoms with Crippen LogP contribution in [-0.2, 0) is 9.53 Å². The molecule has 0 amide bonds. The molecule has 1 N–H and O–H groups in total. The van der Waals surface area contributed by atoms with Crippen LogP contribution in [0.3, 0.4) is 0 Å². The molecule has 0 radical (unpaired) electrons. The Morgan fingerprint density at radius 2 is 1.43 bits per heavy atom. The molecule has 3 heterocycles. The number of carbonyl (C=O) groups excluding carboxylic acids is 1. The number of nitrogens with zero attached hydrogens (tertiary/aromatic N) is 1. The van der Waals surface area contributed by atoms with E-state index < -0.39 is 0 Å². The molecule has 0 aliphatic carbocycles. The Kier molecular flexibility index (Phi) is 7.48. The van der Waals surface area contributed by atoms with Crippen molar-refractivity contribution in [2.45, 2.75) is 18.5 Å². The van der Waals surface area contributed by atoms with E-state index in [0.717, 1.165) is 33.4 Å². The Morgan fingerprint density at radius 3 is 1.97 bits per heavy atom. The lowest BCUT2D eigenvalue weighted by Crippen LogP contribution is -2.41. The first-order valence-corrected chi connectivity index (χ1v) is 13.6.